The minimum Gasteiger partial charge on any atom is -0.507 e. The van der Waals surface area contributed by atoms with Gasteiger partial charge in [-0.1, -0.05) is 12.5 Å². The number of phenols is 1. The topological polar surface area (TPSA) is 79.1 Å². The van der Waals surface area contributed by atoms with Crippen molar-refractivity contribution < 1.29 is 18.3 Å². The second kappa shape index (κ2) is 8.66. The lowest BCUT2D eigenvalue weighted by Crippen LogP contribution is -2.61. The van der Waals surface area contributed by atoms with E-state index in [4.69, 9.17) is 0 Å². The zero-order valence-corrected chi connectivity index (χ0v) is 18.1. The van der Waals surface area contributed by atoms with E-state index < -0.39 is 12.7 Å². The highest BCUT2D eigenvalue weighted by molar-refractivity contribution is 5.74. The number of aromatic nitrogens is 4. The van der Waals surface area contributed by atoms with E-state index in [0.717, 1.165) is 25.7 Å². The molecule has 2 aromatic heterocycles. The molecule has 0 radical (unpaired) electrons. The normalized spacial score (nSPS) is 24.8. The number of nitrogens with zero attached hydrogens (tertiary/aromatic N) is 5. The Kier molecular flexibility index (Phi) is 5.69. The van der Waals surface area contributed by atoms with Gasteiger partial charge in [0.2, 0.25) is 0 Å². The zero-order valence-electron chi connectivity index (χ0n) is 18.1. The zero-order chi connectivity index (χ0) is 23.1. The molecule has 0 saturated carbocycles. The number of hydrogen-bond donors (Lipinski definition) is 2. The van der Waals surface area contributed by atoms with Gasteiger partial charge in [-0.05, 0) is 49.1 Å². The van der Waals surface area contributed by atoms with Crippen LogP contribution in [0.3, 0.4) is 0 Å². The molecule has 174 valence electrons. The van der Waals surface area contributed by atoms with Gasteiger partial charge in [-0.25, -0.2) is 9.07 Å². The number of anilines is 1. The van der Waals surface area contributed by atoms with E-state index in [-0.39, 0.29) is 17.8 Å². The maximum Gasteiger partial charge on any atom is 0.333 e. The summed E-state index contributed by atoms with van der Waals surface area (Å²) in [4.78, 5) is 1.86. The second-order valence-electron chi connectivity index (χ2n) is 8.75. The van der Waals surface area contributed by atoms with Crippen molar-refractivity contribution in [2.45, 2.75) is 56.5 Å². The highest BCUT2D eigenvalue weighted by atomic mass is 19.3. The maximum absolute atomic E-state index is 15.0. The molecule has 5 rings (SSSR count). The molecule has 33 heavy (non-hydrogen) atoms. The summed E-state index contributed by atoms with van der Waals surface area (Å²) < 4.78 is 41.1. The van der Waals surface area contributed by atoms with Crippen LogP contribution in [0.2, 0.25) is 0 Å². The van der Waals surface area contributed by atoms with E-state index in [1.807, 2.05) is 11.9 Å². The Labute approximate surface area is 189 Å². The Hall–Kier alpha value is -3.14. The van der Waals surface area contributed by atoms with E-state index in [1.165, 1.54) is 18.5 Å². The van der Waals surface area contributed by atoms with Crippen LogP contribution in [0, 0.1) is 0 Å². The summed E-state index contributed by atoms with van der Waals surface area (Å²) in [5.74, 6) is 0.518. The number of benzene rings is 1. The maximum atomic E-state index is 15.0. The SMILES string of the molecule is CN(c1ccc(-c2ccc(-c3cnn(C(F)F)c3)cc2O)nn1)[C@@H]1CC2CCCC(N2)[C@@H]1F. The van der Waals surface area contributed by atoms with Crippen LogP contribution >= 0.6 is 0 Å². The summed E-state index contributed by atoms with van der Waals surface area (Å²) in [5, 5.41) is 26.1. The molecule has 7 nitrogen and oxygen atoms in total. The van der Waals surface area contributed by atoms with Crippen LogP contribution in [0.25, 0.3) is 22.4 Å². The molecule has 0 spiro atoms. The van der Waals surface area contributed by atoms with Gasteiger partial charge in [0.25, 0.3) is 0 Å². The van der Waals surface area contributed by atoms with Gasteiger partial charge in [-0.15, -0.1) is 10.2 Å². The Morgan fingerprint density at radius 2 is 2.00 bits per heavy atom. The number of fused-ring (bicyclic) bond motifs is 2. The molecule has 0 amide bonds. The van der Waals surface area contributed by atoms with E-state index in [9.17, 15) is 13.9 Å². The minimum atomic E-state index is -2.73. The first-order chi connectivity index (χ1) is 15.9. The molecule has 2 aliphatic heterocycles. The van der Waals surface area contributed by atoms with Gasteiger partial charge in [-0.2, -0.15) is 13.9 Å². The number of piperidine rings is 2. The standard InChI is InChI=1S/C23H25F3N6O/c1-31(19-10-15-3-2-4-18(28-15)22(19)24)21-8-7-17(29-30-21)16-6-5-13(9-20(16)33)14-11-27-32(12-14)23(25)26/h5-9,11-12,15,18-19,22-23,28,33H,2-4,10H2,1H3/t15?,18?,19-,22+/m1/s1. The third kappa shape index (κ3) is 4.15. The molecular weight excluding hydrogens is 433 g/mol. The summed E-state index contributed by atoms with van der Waals surface area (Å²) in [6.45, 7) is -2.73. The van der Waals surface area contributed by atoms with E-state index in [0.29, 0.717) is 38.9 Å². The van der Waals surface area contributed by atoms with Gasteiger partial charge in [0.05, 0.1) is 17.9 Å². The molecule has 2 fully saturated rings. The molecule has 0 aliphatic carbocycles. The van der Waals surface area contributed by atoms with Gasteiger partial charge < -0.3 is 15.3 Å². The van der Waals surface area contributed by atoms with Crippen molar-refractivity contribution in [1.82, 2.24) is 25.3 Å². The van der Waals surface area contributed by atoms with E-state index in [2.05, 4.69) is 20.6 Å². The van der Waals surface area contributed by atoms with Crippen molar-refractivity contribution in [3.8, 4) is 28.1 Å². The second-order valence-corrected chi connectivity index (χ2v) is 8.75. The Morgan fingerprint density at radius 3 is 2.70 bits per heavy atom. The van der Waals surface area contributed by atoms with Gasteiger partial charge in [0.1, 0.15) is 11.9 Å². The fraction of sp³-hybridized carbons (Fsp3) is 0.435. The number of phenolic OH excluding ortho intramolecular Hbond substituents is 1. The van der Waals surface area contributed by atoms with Crippen molar-refractivity contribution in [2.24, 2.45) is 0 Å². The van der Waals surface area contributed by atoms with Crippen molar-refractivity contribution in [3.63, 3.8) is 0 Å². The lowest BCUT2D eigenvalue weighted by molar-refractivity contribution is 0.0566. The van der Waals surface area contributed by atoms with Crippen LogP contribution in [-0.2, 0) is 0 Å². The average molecular weight is 458 g/mol. The molecule has 4 heterocycles. The Balaban J connectivity index is 1.34. The molecule has 2 aliphatic rings. The first kappa shape index (κ1) is 21.7. The Bertz CT molecular complexity index is 1120. The molecule has 2 N–H and O–H groups in total. The van der Waals surface area contributed by atoms with Crippen molar-refractivity contribution in [3.05, 3.63) is 42.7 Å². The number of halogens is 3. The summed E-state index contributed by atoms with van der Waals surface area (Å²) >= 11 is 0. The minimum absolute atomic E-state index is 0.0531. The molecule has 4 atom stereocenters. The summed E-state index contributed by atoms with van der Waals surface area (Å²) in [5.41, 5.74) is 1.94. The lowest BCUT2D eigenvalue weighted by atomic mass is 9.82. The highest BCUT2D eigenvalue weighted by Crippen LogP contribution is 2.34. The molecular formula is C23H25F3N6O. The quantitative estimate of drug-likeness (QED) is 0.598. The fourth-order valence-electron chi connectivity index (χ4n) is 4.90. The lowest BCUT2D eigenvalue weighted by Gasteiger charge is -2.46. The number of rotatable bonds is 5. The summed E-state index contributed by atoms with van der Waals surface area (Å²) in [7, 11) is 1.84. The van der Waals surface area contributed by atoms with Crippen LogP contribution in [0.1, 0.15) is 32.2 Å². The van der Waals surface area contributed by atoms with Crippen LogP contribution in [0.15, 0.2) is 42.7 Å². The number of alkyl halides is 3. The van der Waals surface area contributed by atoms with Crippen LogP contribution < -0.4 is 10.2 Å². The highest BCUT2D eigenvalue weighted by Gasteiger charge is 2.41. The largest absolute Gasteiger partial charge is 0.507 e. The third-order valence-corrected chi connectivity index (χ3v) is 6.71. The van der Waals surface area contributed by atoms with Gasteiger partial charge >= 0.3 is 6.55 Å². The molecule has 10 heteroatoms. The van der Waals surface area contributed by atoms with Crippen LogP contribution in [0.4, 0.5) is 19.0 Å². The van der Waals surface area contributed by atoms with E-state index in [1.54, 1.807) is 24.3 Å². The summed E-state index contributed by atoms with van der Waals surface area (Å²) in [6, 6.07) is 8.30. The smallest absolute Gasteiger partial charge is 0.333 e. The first-order valence-electron chi connectivity index (χ1n) is 11.0. The van der Waals surface area contributed by atoms with Crippen LogP contribution in [-0.4, -0.2) is 56.4 Å². The average Bonchev–Trinajstić information content (AvgIpc) is 3.32. The molecule has 2 saturated heterocycles. The van der Waals surface area contributed by atoms with Crippen LogP contribution in [0.5, 0.6) is 5.75 Å². The number of nitrogens with one attached hydrogen (secondary N) is 1. The molecule has 2 bridgehead atoms. The predicted octanol–water partition coefficient (Wildman–Crippen LogP) is 4.17. The number of hydrogen-bond acceptors (Lipinski definition) is 6. The first-order valence-corrected chi connectivity index (χ1v) is 11.0. The summed E-state index contributed by atoms with van der Waals surface area (Å²) in [6.07, 6.45) is 5.27. The number of aromatic hydroxyl groups is 1. The third-order valence-electron chi connectivity index (χ3n) is 6.71. The van der Waals surface area contributed by atoms with Crippen molar-refractivity contribution in [2.75, 3.05) is 11.9 Å². The van der Waals surface area contributed by atoms with E-state index >= 15 is 4.39 Å². The van der Waals surface area contributed by atoms with Gasteiger partial charge in [-0.3, -0.25) is 0 Å². The monoisotopic (exact) mass is 458 g/mol. The van der Waals surface area contributed by atoms with Gasteiger partial charge in [0, 0.05) is 36.5 Å². The predicted molar refractivity (Wildman–Crippen MR) is 118 cm³/mol. The van der Waals surface area contributed by atoms with Crippen molar-refractivity contribution in [1.29, 1.82) is 0 Å². The Morgan fingerprint density at radius 1 is 1.15 bits per heavy atom. The molecule has 2 unspecified atom stereocenters. The molecule has 3 aromatic rings. The molecule has 1 aromatic carbocycles. The van der Waals surface area contributed by atoms with Crippen molar-refractivity contribution >= 4 is 5.82 Å². The fourth-order valence-corrected chi connectivity index (χ4v) is 4.90. The van der Waals surface area contributed by atoms with Gasteiger partial charge in [0.15, 0.2) is 5.82 Å².